The van der Waals surface area contributed by atoms with Gasteiger partial charge in [-0.05, 0) is 54.2 Å². The molecule has 0 atom stereocenters. The van der Waals surface area contributed by atoms with Crippen molar-refractivity contribution in [3.8, 4) is 0 Å². The number of benzene rings is 2. The Bertz CT molecular complexity index is 817. The van der Waals surface area contributed by atoms with Crippen LogP contribution >= 0.6 is 0 Å². The molecule has 0 radical (unpaired) electrons. The molecule has 0 saturated heterocycles. The molecule has 0 aliphatic rings. The summed E-state index contributed by atoms with van der Waals surface area (Å²) in [7, 11) is 0. The van der Waals surface area contributed by atoms with E-state index in [1.165, 1.54) is 5.56 Å². The highest BCUT2D eigenvalue weighted by Crippen LogP contribution is 2.23. The van der Waals surface area contributed by atoms with Gasteiger partial charge in [-0.2, -0.15) is 0 Å². The Labute approximate surface area is 162 Å². The van der Waals surface area contributed by atoms with Crippen LogP contribution in [0.4, 0.5) is 5.69 Å². The first-order valence-corrected chi connectivity index (χ1v) is 9.34. The van der Waals surface area contributed by atoms with E-state index in [1.54, 1.807) is 11.8 Å². The number of anilines is 1. The van der Waals surface area contributed by atoms with Crippen molar-refractivity contribution in [2.45, 2.75) is 47.0 Å². The van der Waals surface area contributed by atoms with Crippen molar-refractivity contribution in [3.63, 3.8) is 0 Å². The zero-order valence-corrected chi connectivity index (χ0v) is 17.2. The topological polar surface area (TPSA) is 49.4 Å². The van der Waals surface area contributed by atoms with Gasteiger partial charge < -0.3 is 10.2 Å². The van der Waals surface area contributed by atoms with Crippen LogP contribution < -0.4 is 10.2 Å². The molecule has 2 rings (SSSR count). The summed E-state index contributed by atoms with van der Waals surface area (Å²) >= 11 is 0. The average Bonchev–Trinajstić information content (AvgIpc) is 2.60. The van der Waals surface area contributed by atoms with E-state index in [-0.39, 0.29) is 17.2 Å². The van der Waals surface area contributed by atoms with Gasteiger partial charge in [-0.3, -0.25) is 9.59 Å². The molecule has 0 heterocycles. The summed E-state index contributed by atoms with van der Waals surface area (Å²) in [6, 6.07) is 13.6. The van der Waals surface area contributed by atoms with E-state index in [4.69, 9.17) is 0 Å². The van der Waals surface area contributed by atoms with Gasteiger partial charge in [0.15, 0.2) is 0 Å². The van der Waals surface area contributed by atoms with Gasteiger partial charge in [0.25, 0.3) is 5.91 Å². The minimum atomic E-state index is -0.125. The summed E-state index contributed by atoms with van der Waals surface area (Å²) in [5.74, 6) is -0.160. The Hall–Kier alpha value is -2.62. The second-order valence-electron chi connectivity index (χ2n) is 7.97. The molecule has 27 heavy (non-hydrogen) atoms. The first kappa shape index (κ1) is 20.7. The standard InChI is InChI=1S/C23H30N2O2/c1-16-8-7-9-21(17(16)2)25(18(3)26)15-14-24-22(27)19-10-12-20(13-11-19)23(4,5)6/h7-13H,14-15H2,1-6H3,(H,24,27). The number of hydrogen-bond acceptors (Lipinski definition) is 2. The molecule has 0 spiro atoms. The van der Waals surface area contributed by atoms with Crippen LogP contribution in [0.3, 0.4) is 0 Å². The Morgan fingerprint density at radius 3 is 2.19 bits per heavy atom. The molecule has 0 bridgehead atoms. The first-order chi connectivity index (χ1) is 12.6. The molecule has 0 fully saturated rings. The summed E-state index contributed by atoms with van der Waals surface area (Å²) in [6.07, 6.45) is 0. The molecule has 2 amide bonds. The average molecular weight is 367 g/mol. The number of nitrogens with one attached hydrogen (secondary N) is 1. The van der Waals surface area contributed by atoms with Crippen molar-refractivity contribution >= 4 is 17.5 Å². The summed E-state index contributed by atoms with van der Waals surface area (Å²) < 4.78 is 0. The SMILES string of the molecule is CC(=O)N(CCNC(=O)c1ccc(C(C)(C)C)cc1)c1cccc(C)c1C. The molecular weight excluding hydrogens is 336 g/mol. The number of rotatable bonds is 5. The molecule has 2 aromatic rings. The van der Waals surface area contributed by atoms with Gasteiger partial charge in [0.1, 0.15) is 0 Å². The van der Waals surface area contributed by atoms with E-state index in [1.807, 2.05) is 56.3 Å². The normalized spacial score (nSPS) is 11.2. The largest absolute Gasteiger partial charge is 0.350 e. The molecule has 144 valence electrons. The van der Waals surface area contributed by atoms with Crippen molar-refractivity contribution in [1.82, 2.24) is 5.32 Å². The van der Waals surface area contributed by atoms with Crippen LogP contribution in [0.5, 0.6) is 0 Å². The molecule has 0 aliphatic heterocycles. The lowest BCUT2D eigenvalue weighted by molar-refractivity contribution is -0.116. The molecule has 0 aromatic heterocycles. The minimum Gasteiger partial charge on any atom is -0.350 e. The van der Waals surface area contributed by atoms with Gasteiger partial charge in [0.2, 0.25) is 5.91 Å². The van der Waals surface area contributed by atoms with Gasteiger partial charge in [0, 0.05) is 31.3 Å². The van der Waals surface area contributed by atoms with Crippen molar-refractivity contribution < 1.29 is 9.59 Å². The van der Waals surface area contributed by atoms with E-state index in [9.17, 15) is 9.59 Å². The zero-order valence-electron chi connectivity index (χ0n) is 17.2. The van der Waals surface area contributed by atoms with E-state index in [0.29, 0.717) is 18.7 Å². The van der Waals surface area contributed by atoms with Crippen LogP contribution in [0.2, 0.25) is 0 Å². The Kier molecular flexibility index (Phi) is 6.42. The summed E-state index contributed by atoms with van der Waals surface area (Å²) in [5.41, 5.74) is 4.99. The summed E-state index contributed by atoms with van der Waals surface area (Å²) in [6.45, 7) is 12.9. The molecule has 2 aromatic carbocycles. The van der Waals surface area contributed by atoms with E-state index >= 15 is 0 Å². The molecule has 0 aliphatic carbocycles. The lowest BCUT2D eigenvalue weighted by atomic mass is 9.87. The maximum Gasteiger partial charge on any atom is 0.251 e. The first-order valence-electron chi connectivity index (χ1n) is 9.34. The highest BCUT2D eigenvalue weighted by atomic mass is 16.2. The predicted molar refractivity (Wildman–Crippen MR) is 111 cm³/mol. The summed E-state index contributed by atoms with van der Waals surface area (Å²) in [5, 5.41) is 2.91. The molecule has 4 nitrogen and oxygen atoms in total. The monoisotopic (exact) mass is 366 g/mol. The van der Waals surface area contributed by atoms with Crippen LogP contribution in [-0.4, -0.2) is 24.9 Å². The van der Waals surface area contributed by atoms with Crippen molar-refractivity contribution in [3.05, 3.63) is 64.7 Å². The van der Waals surface area contributed by atoms with Crippen LogP contribution in [-0.2, 0) is 10.2 Å². The Morgan fingerprint density at radius 2 is 1.63 bits per heavy atom. The quantitative estimate of drug-likeness (QED) is 0.853. The van der Waals surface area contributed by atoms with Crippen molar-refractivity contribution in [2.24, 2.45) is 0 Å². The van der Waals surface area contributed by atoms with Crippen LogP contribution in [0, 0.1) is 13.8 Å². The van der Waals surface area contributed by atoms with Crippen LogP contribution in [0.25, 0.3) is 0 Å². The van der Waals surface area contributed by atoms with E-state index < -0.39 is 0 Å². The lowest BCUT2D eigenvalue weighted by Crippen LogP contribution is -2.38. The Balaban J connectivity index is 2.01. The molecule has 0 unspecified atom stereocenters. The number of hydrogen-bond donors (Lipinski definition) is 1. The van der Waals surface area contributed by atoms with Gasteiger partial charge in [-0.1, -0.05) is 45.0 Å². The second kappa shape index (κ2) is 8.38. The van der Waals surface area contributed by atoms with Gasteiger partial charge >= 0.3 is 0 Å². The molecule has 4 heteroatoms. The molecule has 0 saturated carbocycles. The fraction of sp³-hybridized carbons (Fsp3) is 0.391. The fourth-order valence-electron chi connectivity index (χ4n) is 2.98. The third-order valence-electron chi connectivity index (χ3n) is 4.88. The number of amides is 2. The van der Waals surface area contributed by atoms with Crippen molar-refractivity contribution in [1.29, 1.82) is 0 Å². The van der Waals surface area contributed by atoms with Crippen LogP contribution in [0.15, 0.2) is 42.5 Å². The summed E-state index contributed by atoms with van der Waals surface area (Å²) in [4.78, 5) is 26.2. The Morgan fingerprint density at radius 1 is 1.00 bits per heavy atom. The van der Waals surface area contributed by atoms with Gasteiger partial charge in [-0.25, -0.2) is 0 Å². The lowest BCUT2D eigenvalue weighted by Gasteiger charge is -2.24. The number of nitrogens with zero attached hydrogens (tertiary/aromatic N) is 1. The zero-order chi connectivity index (χ0) is 20.2. The van der Waals surface area contributed by atoms with E-state index in [2.05, 4.69) is 26.1 Å². The maximum absolute atomic E-state index is 12.4. The third-order valence-corrected chi connectivity index (χ3v) is 4.88. The van der Waals surface area contributed by atoms with E-state index in [0.717, 1.165) is 16.8 Å². The number of carbonyl (C=O) groups excluding carboxylic acids is 2. The second-order valence-corrected chi connectivity index (χ2v) is 7.97. The van der Waals surface area contributed by atoms with Crippen molar-refractivity contribution in [2.75, 3.05) is 18.0 Å². The molecular formula is C23H30N2O2. The van der Waals surface area contributed by atoms with Gasteiger partial charge in [0.05, 0.1) is 0 Å². The minimum absolute atomic E-state index is 0.0347. The highest BCUT2D eigenvalue weighted by molar-refractivity contribution is 5.95. The van der Waals surface area contributed by atoms with Crippen LogP contribution in [0.1, 0.15) is 54.7 Å². The predicted octanol–water partition coefficient (Wildman–Crippen LogP) is 4.38. The number of carbonyl (C=O) groups is 2. The third kappa shape index (κ3) is 5.19. The fourth-order valence-corrected chi connectivity index (χ4v) is 2.98. The number of aryl methyl sites for hydroxylation is 1. The molecule has 1 N–H and O–H groups in total. The highest BCUT2D eigenvalue weighted by Gasteiger charge is 2.16. The van der Waals surface area contributed by atoms with Gasteiger partial charge in [-0.15, -0.1) is 0 Å². The smallest absolute Gasteiger partial charge is 0.251 e. The maximum atomic E-state index is 12.4.